The molecule has 0 aromatic carbocycles. The van der Waals surface area contributed by atoms with Gasteiger partial charge in [-0.2, -0.15) is 0 Å². The third-order valence-corrected chi connectivity index (χ3v) is 2.62. The van der Waals surface area contributed by atoms with Crippen LogP contribution in [0, 0.1) is 20.8 Å². The van der Waals surface area contributed by atoms with Crippen LogP contribution >= 0.6 is 0 Å². The minimum Gasteiger partial charge on any atom is -0.477 e. The fourth-order valence-electron chi connectivity index (χ4n) is 1.76. The summed E-state index contributed by atoms with van der Waals surface area (Å²) in [5.41, 5.74) is 2.26. The molecule has 0 atom stereocenters. The first-order valence-corrected chi connectivity index (χ1v) is 5.79. The molecule has 0 saturated carbocycles. The van der Waals surface area contributed by atoms with Crippen LogP contribution in [0.4, 0.5) is 0 Å². The Morgan fingerprint density at radius 1 is 1.21 bits per heavy atom. The summed E-state index contributed by atoms with van der Waals surface area (Å²) in [5.74, 6) is -0.499. The first kappa shape index (κ1) is 13.0. The molecule has 0 fully saturated rings. The number of pyridine rings is 2. The van der Waals surface area contributed by atoms with E-state index >= 15 is 0 Å². The molecule has 2 rings (SSSR count). The van der Waals surface area contributed by atoms with E-state index in [9.17, 15) is 9.90 Å². The summed E-state index contributed by atoms with van der Waals surface area (Å²) in [6.07, 6.45) is 1.54. The van der Waals surface area contributed by atoms with E-state index in [1.165, 1.54) is 0 Å². The summed E-state index contributed by atoms with van der Waals surface area (Å²) in [6, 6.07) is 5.23. The van der Waals surface area contributed by atoms with Crippen LogP contribution in [0.3, 0.4) is 0 Å². The van der Waals surface area contributed by atoms with Crippen molar-refractivity contribution in [3.63, 3.8) is 0 Å². The van der Waals surface area contributed by atoms with Gasteiger partial charge in [0.25, 0.3) is 0 Å². The molecule has 98 valence electrons. The van der Waals surface area contributed by atoms with Crippen molar-refractivity contribution in [2.45, 2.75) is 20.8 Å². The Morgan fingerprint density at radius 3 is 2.53 bits per heavy atom. The van der Waals surface area contributed by atoms with Crippen molar-refractivity contribution in [1.82, 2.24) is 9.97 Å². The zero-order valence-corrected chi connectivity index (χ0v) is 11.0. The summed E-state index contributed by atoms with van der Waals surface area (Å²) in [4.78, 5) is 19.5. The lowest BCUT2D eigenvalue weighted by Crippen LogP contribution is -2.06. The van der Waals surface area contributed by atoms with Crippen molar-refractivity contribution in [3.05, 3.63) is 46.9 Å². The molecule has 1 N–H and O–H groups in total. The average molecular weight is 258 g/mol. The van der Waals surface area contributed by atoms with Gasteiger partial charge in [0.15, 0.2) is 0 Å². The number of nitrogens with zero attached hydrogens (tertiary/aromatic N) is 2. The van der Waals surface area contributed by atoms with Gasteiger partial charge < -0.3 is 9.84 Å². The lowest BCUT2D eigenvalue weighted by Gasteiger charge is -2.10. The van der Waals surface area contributed by atoms with Crippen LogP contribution in [0.25, 0.3) is 0 Å². The van der Waals surface area contributed by atoms with Crippen molar-refractivity contribution in [1.29, 1.82) is 0 Å². The predicted molar refractivity (Wildman–Crippen MR) is 69.7 cm³/mol. The summed E-state index contributed by atoms with van der Waals surface area (Å²) >= 11 is 0. The molecule has 2 heterocycles. The topological polar surface area (TPSA) is 72.3 Å². The highest BCUT2D eigenvalue weighted by Gasteiger charge is 2.17. The summed E-state index contributed by atoms with van der Waals surface area (Å²) in [6.45, 7) is 5.37. The van der Waals surface area contributed by atoms with Gasteiger partial charge in [0.1, 0.15) is 11.3 Å². The molecule has 0 saturated heterocycles. The van der Waals surface area contributed by atoms with Crippen LogP contribution in [0.15, 0.2) is 24.4 Å². The van der Waals surface area contributed by atoms with Gasteiger partial charge in [0.05, 0.1) is 6.20 Å². The van der Waals surface area contributed by atoms with Crippen molar-refractivity contribution in [3.8, 4) is 11.6 Å². The first-order chi connectivity index (χ1) is 8.97. The molecule has 0 aliphatic heterocycles. The van der Waals surface area contributed by atoms with Gasteiger partial charge in [0.2, 0.25) is 5.88 Å². The van der Waals surface area contributed by atoms with Gasteiger partial charge in [0, 0.05) is 11.4 Å². The van der Waals surface area contributed by atoms with Crippen molar-refractivity contribution < 1.29 is 14.6 Å². The lowest BCUT2D eigenvalue weighted by atomic mass is 10.1. The van der Waals surface area contributed by atoms with Crippen LogP contribution in [0.1, 0.15) is 27.3 Å². The van der Waals surface area contributed by atoms with Gasteiger partial charge in [-0.05, 0) is 44.5 Å². The average Bonchev–Trinajstić information content (AvgIpc) is 2.30. The van der Waals surface area contributed by atoms with E-state index in [0.717, 1.165) is 5.69 Å². The normalized spacial score (nSPS) is 10.3. The number of aromatic nitrogens is 2. The number of carbonyl (C=O) groups is 1. The SMILES string of the molecule is Cc1ccc(Oc2nc(C)cc(C)c2C(=O)O)cn1. The van der Waals surface area contributed by atoms with Crippen LogP contribution in [-0.4, -0.2) is 21.0 Å². The summed E-state index contributed by atoms with van der Waals surface area (Å²) < 4.78 is 5.53. The van der Waals surface area contributed by atoms with Crippen LogP contribution in [0.2, 0.25) is 0 Å². The second-order valence-electron chi connectivity index (χ2n) is 4.30. The van der Waals surface area contributed by atoms with E-state index in [0.29, 0.717) is 17.0 Å². The number of carboxylic acid groups (broad SMARTS) is 1. The molecule has 2 aromatic rings. The Bertz CT molecular complexity index is 621. The zero-order valence-electron chi connectivity index (χ0n) is 11.0. The van der Waals surface area contributed by atoms with Gasteiger partial charge in [-0.3, -0.25) is 4.98 Å². The van der Waals surface area contributed by atoms with Crippen LogP contribution < -0.4 is 4.74 Å². The molecule has 2 aromatic heterocycles. The smallest absolute Gasteiger partial charge is 0.341 e. The highest BCUT2D eigenvalue weighted by atomic mass is 16.5. The summed E-state index contributed by atoms with van der Waals surface area (Å²) in [7, 11) is 0. The molecule has 0 aliphatic carbocycles. The molecule has 0 radical (unpaired) electrons. The molecule has 0 aliphatic rings. The maximum absolute atomic E-state index is 11.3. The molecule has 5 heteroatoms. The number of aryl methyl sites for hydroxylation is 3. The van der Waals surface area contributed by atoms with Crippen molar-refractivity contribution in [2.24, 2.45) is 0 Å². The molecule has 0 amide bonds. The molecule has 0 spiro atoms. The fraction of sp³-hybridized carbons (Fsp3) is 0.214. The number of hydrogen-bond acceptors (Lipinski definition) is 4. The number of ether oxygens (including phenoxy) is 1. The molecule has 0 bridgehead atoms. The van der Waals surface area contributed by atoms with E-state index in [-0.39, 0.29) is 11.4 Å². The minimum absolute atomic E-state index is 0.0752. The highest BCUT2D eigenvalue weighted by Crippen LogP contribution is 2.26. The van der Waals surface area contributed by atoms with E-state index in [2.05, 4.69) is 9.97 Å². The third-order valence-electron chi connectivity index (χ3n) is 2.62. The second-order valence-corrected chi connectivity index (χ2v) is 4.30. The van der Waals surface area contributed by atoms with Crippen LogP contribution in [-0.2, 0) is 0 Å². The zero-order chi connectivity index (χ0) is 14.0. The largest absolute Gasteiger partial charge is 0.477 e. The van der Waals surface area contributed by atoms with Crippen LogP contribution in [0.5, 0.6) is 11.6 Å². The van der Waals surface area contributed by atoms with Gasteiger partial charge in [-0.15, -0.1) is 0 Å². The Labute approximate surface area is 110 Å². The molecule has 5 nitrogen and oxygen atoms in total. The Morgan fingerprint density at radius 2 is 1.95 bits per heavy atom. The Kier molecular flexibility index (Phi) is 3.46. The lowest BCUT2D eigenvalue weighted by molar-refractivity contribution is 0.0692. The van der Waals surface area contributed by atoms with Crippen molar-refractivity contribution in [2.75, 3.05) is 0 Å². The number of hydrogen-bond donors (Lipinski definition) is 1. The standard InChI is InChI=1S/C14H14N2O3/c1-8-6-10(3)16-13(12(8)14(17)18)19-11-5-4-9(2)15-7-11/h4-7H,1-3H3,(H,17,18). The number of aromatic carboxylic acids is 1. The van der Waals surface area contributed by atoms with E-state index in [1.807, 2.05) is 6.92 Å². The van der Waals surface area contributed by atoms with E-state index in [4.69, 9.17) is 4.74 Å². The van der Waals surface area contributed by atoms with E-state index in [1.54, 1.807) is 38.2 Å². The van der Waals surface area contributed by atoms with Gasteiger partial charge >= 0.3 is 5.97 Å². The van der Waals surface area contributed by atoms with Crippen molar-refractivity contribution >= 4 is 5.97 Å². The predicted octanol–water partition coefficient (Wildman–Crippen LogP) is 2.89. The second kappa shape index (κ2) is 5.06. The van der Waals surface area contributed by atoms with Gasteiger partial charge in [-0.25, -0.2) is 9.78 Å². The molecular formula is C14H14N2O3. The minimum atomic E-state index is -1.06. The molecule has 19 heavy (non-hydrogen) atoms. The van der Waals surface area contributed by atoms with Gasteiger partial charge in [-0.1, -0.05) is 0 Å². The maximum Gasteiger partial charge on any atom is 0.341 e. The number of rotatable bonds is 3. The molecular weight excluding hydrogens is 244 g/mol. The quantitative estimate of drug-likeness (QED) is 0.916. The highest BCUT2D eigenvalue weighted by molar-refractivity contribution is 5.92. The number of carboxylic acids is 1. The third kappa shape index (κ3) is 2.88. The summed E-state index contributed by atoms with van der Waals surface area (Å²) in [5, 5.41) is 9.22. The molecule has 0 unspecified atom stereocenters. The monoisotopic (exact) mass is 258 g/mol. The maximum atomic E-state index is 11.3. The Balaban J connectivity index is 2.44. The van der Waals surface area contributed by atoms with E-state index < -0.39 is 5.97 Å². The fourth-order valence-corrected chi connectivity index (χ4v) is 1.76. The Hall–Kier alpha value is -2.43. The first-order valence-electron chi connectivity index (χ1n) is 5.79.